The molecule has 3 N–H and O–H groups in total. The zero-order valence-corrected chi connectivity index (χ0v) is 11.4. The van der Waals surface area contributed by atoms with Crippen molar-refractivity contribution in [3.05, 3.63) is 46.9 Å². The number of carbonyl (C=O) groups excluding carboxylic acids is 1. The molecule has 1 amide bonds. The molecule has 2 rings (SSSR count). The van der Waals surface area contributed by atoms with Crippen molar-refractivity contribution in [3.63, 3.8) is 0 Å². The summed E-state index contributed by atoms with van der Waals surface area (Å²) in [5.41, 5.74) is 7.22. The Balaban J connectivity index is 2.29. The zero-order valence-electron chi connectivity index (χ0n) is 10.6. The molecular weight excluding hydrogens is 276 g/mol. The average molecular weight is 287 g/mol. The number of amides is 1. The molecule has 0 fully saturated rings. The highest BCUT2D eigenvalue weighted by atomic mass is 35.5. The molecule has 0 aliphatic carbocycles. The van der Waals surface area contributed by atoms with Crippen molar-refractivity contribution in [2.45, 2.75) is 6.92 Å². The molecule has 0 bridgehead atoms. The maximum absolute atomic E-state index is 11.0. The van der Waals surface area contributed by atoms with Gasteiger partial charge in [-0.3, -0.25) is 4.79 Å². The second-order valence-electron chi connectivity index (χ2n) is 3.92. The molecule has 0 aliphatic heterocycles. The van der Waals surface area contributed by atoms with Gasteiger partial charge in [-0.05, 0) is 24.1 Å². The van der Waals surface area contributed by atoms with Crippen molar-refractivity contribution >= 4 is 29.0 Å². The Morgan fingerprint density at radius 3 is 2.80 bits per heavy atom. The largest absolute Gasteiger partial charge is 0.395 e. The number of nitrogens with zero attached hydrogens (tertiary/aromatic N) is 2. The van der Waals surface area contributed by atoms with Crippen LogP contribution in [-0.2, 0) is 4.79 Å². The molecule has 0 saturated carbocycles. The van der Waals surface area contributed by atoms with Gasteiger partial charge < -0.3 is 11.1 Å². The van der Waals surface area contributed by atoms with Gasteiger partial charge in [-0.1, -0.05) is 17.5 Å². The minimum atomic E-state index is -0.191. The summed E-state index contributed by atoms with van der Waals surface area (Å²) in [6, 6.07) is 4.98. The number of nitrogen functional groups attached to an aromatic ring is 1. The summed E-state index contributed by atoms with van der Waals surface area (Å²) in [4.78, 5) is 19.0. The number of anilines is 2. The van der Waals surface area contributed by atoms with E-state index in [1.165, 1.54) is 13.1 Å². The molecule has 0 radical (unpaired) electrons. The fraction of sp³-hybridized carbons (Fsp3) is 0.0714. The lowest BCUT2D eigenvalue weighted by Crippen LogP contribution is -2.07. The Labute approximate surface area is 121 Å². The van der Waals surface area contributed by atoms with Crippen LogP contribution in [0.3, 0.4) is 0 Å². The molecule has 2 heterocycles. The Kier molecular flexibility index (Phi) is 4.18. The second kappa shape index (κ2) is 6.04. The van der Waals surface area contributed by atoms with Gasteiger partial charge >= 0.3 is 0 Å². The Hall–Kier alpha value is -2.58. The molecule has 2 aromatic rings. The van der Waals surface area contributed by atoms with Crippen molar-refractivity contribution in [1.29, 1.82) is 0 Å². The molecule has 0 aliphatic rings. The molecule has 0 saturated heterocycles. The summed E-state index contributed by atoms with van der Waals surface area (Å²) in [5, 5.41) is 3.00. The number of aromatic nitrogens is 2. The normalized spacial score (nSPS) is 9.50. The Bertz CT molecular complexity index is 719. The standard InChI is InChI=1S/C14H11ClN4O/c1-9(20)19-13-8-10(4-6-18-13)2-3-12-14(16)11(15)5-7-17-12/h4-8H,16H2,1H3,(H,18,19,20). The van der Waals surface area contributed by atoms with E-state index in [9.17, 15) is 4.79 Å². The quantitative estimate of drug-likeness (QED) is 0.787. The summed E-state index contributed by atoms with van der Waals surface area (Å²) in [5.74, 6) is 5.99. The van der Waals surface area contributed by atoms with Crippen LogP contribution in [0.4, 0.5) is 11.5 Å². The van der Waals surface area contributed by atoms with Crippen LogP contribution in [0.25, 0.3) is 0 Å². The number of carbonyl (C=O) groups is 1. The number of hydrogen-bond acceptors (Lipinski definition) is 4. The van der Waals surface area contributed by atoms with Crippen LogP contribution in [0.1, 0.15) is 18.2 Å². The summed E-state index contributed by atoms with van der Waals surface area (Å²) >= 11 is 5.89. The molecule has 0 spiro atoms. The van der Waals surface area contributed by atoms with E-state index in [0.717, 1.165) is 0 Å². The molecule has 0 atom stereocenters. The van der Waals surface area contributed by atoms with Gasteiger partial charge in [-0.25, -0.2) is 9.97 Å². The number of pyridine rings is 2. The van der Waals surface area contributed by atoms with Crippen LogP contribution >= 0.6 is 11.6 Å². The monoisotopic (exact) mass is 286 g/mol. The first-order chi connectivity index (χ1) is 9.56. The van der Waals surface area contributed by atoms with Gasteiger partial charge in [0, 0.05) is 24.9 Å². The van der Waals surface area contributed by atoms with E-state index in [1.807, 2.05) is 0 Å². The summed E-state index contributed by atoms with van der Waals surface area (Å²) in [6.07, 6.45) is 3.10. The predicted molar refractivity (Wildman–Crippen MR) is 78.2 cm³/mol. The third kappa shape index (κ3) is 3.46. The van der Waals surface area contributed by atoms with E-state index in [2.05, 4.69) is 27.1 Å². The van der Waals surface area contributed by atoms with Gasteiger partial charge in [0.15, 0.2) is 0 Å². The molecule has 5 nitrogen and oxygen atoms in total. The predicted octanol–water partition coefficient (Wildman–Crippen LogP) is 2.07. The first kappa shape index (κ1) is 13.8. The minimum absolute atomic E-state index is 0.191. The van der Waals surface area contributed by atoms with Gasteiger partial charge in [0.1, 0.15) is 11.5 Å². The van der Waals surface area contributed by atoms with Gasteiger partial charge in [0.25, 0.3) is 0 Å². The minimum Gasteiger partial charge on any atom is -0.395 e. The topological polar surface area (TPSA) is 80.9 Å². The van der Waals surface area contributed by atoms with Crippen LogP contribution in [0, 0.1) is 11.8 Å². The van der Waals surface area contributed by atoms with E-state index < -0.39 is 0 Å². The fourth-order valence-corrected chi connectivity index (χ4v) is 1.58. The summed E-state index contributed by atoms with van der Waals surface area (Å²) in [6.45, 7) is 1.41. The van der Waals surface area contributed by atoms with Gasteiger partial charge in [0.05, 0.1) is 10.7 Å². The molecule has 100 valence electrons. The van der Waals surface area contributed by atoms with E-state index in [4.69, 9.17) is 17.3 Å². The number of hydrogen-bond donors (Lipinski definition) is 2. The van der Waals surface area contributed by atoms with Crippen LogP contribution in [0.2, 0.25) is 5.02 Å². The maximum atomic E-state index is 11.0. The van der Waals surface area contributed by atoms with E-state index in [1.54, 1.807) is 24.4 Å². The Morgan fingerprint density at radius 2 is 2.05 bits per heavy atom. The third-order valence-corrected chi connectivity index (χ3v) is 2.66. The van der Waals surface area contributed by atoms with Crippen LogP contribution in [-0.4, -0.2) is 15.9 Å². The van der Waals surface area contributed by atoms with E-state index in [0.29, 0.717) is 27.8 Å². The van der Waals surface area contributed by atoms with Gasteiger partial charge in [0.2, 0.25) is 5.91 Å². The number of rotatable bonds is 1. The Morgan fingerprint density at radius 1 is 1.30 bits per heavy atom. The lowest BCUT2D eigenvalue weighted by Gasteiger charge is -2.00. The molecule has 20 heavy (non-hydrogen) atoms. The third-order valence-electron chi connectivity index (χ3n) is 2.33. The van der Waals surface area contributed by atoms with Crippen molar-refractivity contribution in [1.82, 2.24) is 9.97 Å². The maximum Gasteiger partial charge on any atom is 0.222 e. The summed E-state index contributed by atoms with van der Waals surface area (Å²) in [7, 11) is 0. The highest BCUT2D eigenvalue weighted by Crippen LogP contribution is 2.19. The number of nitrogens with one attached hydrogen (secondary N) is 1. The number of halogens is 1. The van der Waals surface area contributed by atoms with Crippen molar-refractivity contribution in [2.75, 3.05) is 11.1 Å². The van der Waals surface area contributed by atoms with E-state index >= 15 is 0 Å². The number of nitrogens with two attached hydrogens (primary N) is 1. The zero-order chi connectivity index (χ0) is 14.5. The van der Waals surface area contributed by atoms with Crippen LogP contribution < -0.4 is 11.1 Å². The molecule has 0 unspecified atom stereocenters. The van der Waals surface area contributed by atoms with Crippen LogP contribution in [0.5, 0.6) is 0 Å². The molecule has 6 heteroatoms. The fourth-order valence-electron chi connectivity index (χ4n) is 1.44. The molecular formula is C14H11ClN4O. The highest BCUT2D eigenvalue weighted by molar-refractivity contribution is 6.33. The average Bonchev–Trinajstić information content (AvgIpc) is 2.40. The lowest BCUT2D eigenvalue weighted by molar-refractivity contribution is -0.114. The van der Waals surface area contributed by atoms with Gasteiger partial charge in [-0.15, -0.1) is 0 Å². The van der Waals surface area contributed by atoms with Crippen molar-refractivity contribution in [3.8, 4) is 11.8 Å². The van der Waals surface area contributed by atoms with E-state index in [-0.39, 0.29) is 5.91 Å². The molecule has 0 aromatic carbocycles. The SMILES string of the molecule is CC(=O)Nc1cc(C#Cc2nccc(Cl)c2N)ccn1. The second-order valence-corrected chi connectivity index (χ2v) is 4.32. The van der Waals surface area contributed by atoms with Crippen molar-refractivity contribution < 1.29 is 4.79 Å². The first-order valence-corrected chi connectivity index (χ1v) is 6.09. The van der Waals surface area contributed by atoms with Gasteiger partial charge in [-0.2, -0.15) is 0 Å². The van der Waals surface area contributed by atoms with Crippen molar-refractivity contribution in [2.24, 2.45) is 0 Å². The first-order valence-electron chi connectivity index (χ1n) is 5.72. The smallest absolute Gasteiger partial charge is 0.222 e. The lowest BCUT2D eigenvalue weighted by atomic mass is 10.2. The summed E-state index contributed by atoms with van der Waals surface area (Å²) < 4.78 is 0. The molecule has 2 aromatic heterocycles. The highest BCUT2D eigenvalue weighted by Gasteiger charge is 2.01. The van der Waals surface area contributed by atoms with Crippen LogP contribution in [0.15, 0.2) is 30.6 Å².